The van der Waals surface area contributed by atoms with Gasteiger partial charge in [-0.1, -0.05) is 12.1 Å². The summed E-state index contributed by atoms with van der Waals surface area (Å²) < 4.78 is 12.8. The Morgan fingerprint density at radius 2 is 1.62 bits per heavy atom. The SMILES string of the molecule is CN(C)c1ccc(/C=N\NC(=O)C(=O)Nc2ccc(F)cc2)cc1. The van der Waals surface area contributed by atoms with Crippen molar-refractivity contribution in [3.05, 3.63) is 59.9 Å². The smallest absolute Gasteiger partial charge is 0.329 e. The Kier molecular flexibility index (Phi) is 5.62. The largest absolute Gasteiger partial charge is 0.378 e. The molecular formula is C17H17FN4O2. The molecule has 0 bridgehead atoms. The summed E-state index contributed by atoms with van der Waals surface area (Å²) in [6, 6.07) is 12.6. The van der Waals surface area contributed by atoms with Crippen molar-refractivity contribution < 1.29 is 14.0 Å². The van der Waals surface area contributed by atoms with Crippen molar-refractivity contribution in [1.82, 2.24) is 5.43 Å². The van der Waals surface area contributed by atoms with Crippen LogP contribution in [0, 0.1) is 5.82 Å². The van der Waals surface area contributed by atoms with E-state index in [1.165, 1.54) is 30.5 Å². The van der Waals surface area contributed by atoms with Crippen LogP contribution in [0.1, 0.15) is 5.56 Å². The topological polar surface area (TPSA) is 73.8 Å². The molecule has 24 heavy (non-hydrogen) atoms. The van der Waals surface area contributed by atoms with E-state index in [4.69, 9.17) is 0 Å². The van der Waals surface area contributed by atoms with Gasteiger partial charge in [-0.2, -0.15) is 5.10 Å². The van der Waals surface area contributed by atoms with Gasteiger partial charge in [-0.3, -0.25) is 9.59 Å². The molecule has 0 atom stereocenters. The fourth-order valence-corrected chi connectivity index (χ4v) is 1.80. The number of amides is 2. The number of hydrogen-bond donors (Lipinski definition) is 2. The molecule has 0 heterocycles. The van der Waals surface area contributed by atoms with Gasteiger partial charge in [0.25, 0.3) is 0 Å². The van der Waals surface area contributed by atoms with Crippen LogP contribution < -0.4 is 15.6 Å². The van der Waals surface area contributed by atoms with E-state index in [1.807, 2.05) is 43.3 Å². The van der Waals surface area contributed by atoms with Crippen LogP contribution in [0.5, 0.6) is 0 Å². The minimum atomic E-state index is -0.916. The molecule has 0 unspecified atom stereocenters. The second-order valence-corrected chi connectivity index (χ2v) is 5.15. The van der Waals surface area contributed by atoms with Gasteiger partial charge in [-0.25, -0.2) is 9.82 Å². The van der Waals surface area contributed by atoms with Crippen molar-refractivity contribution in [2.24, 2.45) is 5.10 Å². The van der Waals surface area contributed by atoms with Crippen LogP contribution in [-0.4, -0.2) is 32.1 Å². The monoisotopic (exact) mass is 328 g/mol. The van der Waals surface area contributed by atoms with E-state index in [-0.39, 0.29) is 0 Å². The van der Waals surface area contributed by atoms with Gasteiger partial charge in [0.05, 0.1) is 6.21 Å². The van der Waals surface area contributed by atoms with Crippen LogP contribution in [0.4, 0.5) is 15.8 Å². The summed E-state index contributed by atoms with van der Waals surface area (Å²) in [6.07, 6.45) is 1.43. The summed E-state index contributed by atoms with van der Waals surface area (Å²) in [6.45, 7) is 0. The maximum absolute atomic E-state index is 12.8. The van der Waals surface area contributed by atoms with Crippen molar-refractivity contribution in [1.29, 1.82) is 0 Å². The number of halogens is 1. The molecule has 0 aliphatic rings. The number of nitrogens with zero attached hydrogens (tertiary/aromatic N) is 2. The Balaban J connectivity index is 1.87. The Bertz CT molecular complexity index is 740. The van der Waals surface area contributed by atoms with E-state index in [1.54, 1.807) is 0 Å². The lowest BCUT2D eigenvalue weighted by Crippen LogP contribution is -2.32. The minimum absolute atomic E-state index is 0.319. The van der Waals surface area contributed by atoms with E-state index < -0.39 is 17.6 Å². The first-order valence-electron chi connectivity index (χ1n) is 7.13. The molecule has 0 aliphatic carbocycles. The molecule has 2 aromatic rings. The van der Waals surface area contributed by atoms with Gasteiger partial charge >= 0.3 is 11.8 Å². The van der Waals surface area contributed by atoms with Gasteiger partial charge in [-0.05, 0) is 42.0 Å². The second kappa shape index (κ2) is 7.87. The number of rotatable bonds is 4. The summed E-state index contributed by atoms with van der Waals surface area (Å²) in [4.78, 5) is 25.3. The van der Waals surface area contributed by atoms with Gasteiger partial charge in [-0.15, -0.1) is 0 Å². The molecule has 0 aromatic heterocycles. The van der Waals surface area contributed by atoms with Crippen LogP contribution in [-0.2, 0) is 9.59 Å². The fourth-order valence-electron chi connectivity index (χ4n) is 1.80. The molecular weight excluding hydrogens is 311 g/mol. The maximum Gasteiger partial charge on any atom is 0.329 e. The fraction of sp³-hybridized carbons (Fsp3) is 0.118. The molecule has 0 saturated heterocycles. The highest BCUT2D eigenvalue weighted by molar-refractivity contribution is 6.39. The summed E-state index contributed by atoms with van der Waals surface area (Å²) in [5.41, 5.74) is 4.27. The zero-order valence-electron chi connectivity index (χ0n) is 13.3. The molecule has 7 heteroatoms. The van der Waals surface area contributed by atoms with Gasteiger partial charge in [0.1, 0.15) is 5.82 Å². The maximum atomic E-state index is 12.8. The molecule has 0 radical (unpaired) electrons. The summed E-state index contributed by atoms with van der Waals surface area (Å²) in [5, 5.41) is 6.07. The van der Waals surface area contributed by atoms with Crippen molar-refractivity contribution in [3.63, 3.8) is 0 Å². The first-order chi connectivity index (χ1) is 11.5. The highest BCUT2D eigenvalue weighted by atomic mass is 19.1. The van der Waals surface area contributed by atoms with Crippen molar-refractivity contribution in [3.8, 4) is 0 Å². The number of hydrazone groups is 1. The Labute approximate surface area is 139 Å². The first-order valence-corrected chi connectivity index (χ1v) is 7.13. The zero-order chi connectivity index (χ0) is 17.5. The van der Waals surface area contributed by atoms with Gasteiger partial charge < -0.3 is 10.2 Å². The molecule has 2 amide bonds. The van der Waals surface area contributed by atoms with Gasteiger partial charge in [0, 0.05) is 25.5 Å². The summed E-state index contributed by atoms with van der Waals surface area (Å²) in [7, 11) is 3.87. The third kappa shape index (κ3) is 4.91. The second-order valence-electron chi connectivity index (χ2n) is 5.15. The van der Waals surface area contributed by atoms with E-state index in [0.717, 1.165) is 11.3 Å². The molecule has 0 aliphatic heterocycles. The number of nitrogens with one attached hydrogen (secondary N) is 2. The normalized spacial score (nSPS) is 10.5. The van der Waals surface area contributed by atoms with Crippen LogP contribution >= 0.6 is 0 Å². The van der Waals surface area contributed by atoms with Crippen LogP contribution in [0.2, 0.25) is 0 Å². The Hall–Kier alpha value is -3.22. The number of carbonyl (C=O) groups excluding carboxylic acids is 2. The van der Waals surface area contributed by atoms with Crippen LogP contribution in [0.25, 0.3) is 0 Å². The van der Waals surface area contributed by atoms with Crippen molar-refractivity contribution in [2.75, 3.05) is 24.3 Å². The average Bonchev–Trinajstić information content (AvgIpc) is 2.57. The van der Waals surface area contributed by atoms with E-state index in [0.29, 0.717) is 5.69 Å². The third-order valence-electron chi connectivity index (χ3n) is 3.10. The number of anilines is 2. The predicted molar refractivity (Wildman–Crippen MR) is 91.5 cm³/mol. The molecule has 0 saturated carbocycles. The molecule has 6 nitrogen and oxygen atoms in total. The molecule has 2 aromatic carbocycles. The zero-order valence-corrected chi connectivity index (χ0v) is 13.3. The Morgan fingerprint density at radius 1 is 1.00 bits per heavy atom. The number of carbonyl (C=O) groups is 2. The molecule has 0 spiro atoms. The average molecular weight is 328 g/mol. The standard InChI is InChI=1S/C17H17FN4O2/c1-22(2)15-9-3-12(4-10-15)11-19-21-17(24)16(23)20-14-7-5-13(18)6-8-14/h3-11H,1-2H3,(H,20,23)(H,21,24)/b19-11-. The molecule has 124 valence electrons. The quantitative estimate of drug-likeness (QED) is 0.512. The summed E-state index contributed by atoms with van der Waals surface area (Å²) in [5.74, 6) is -2.23. The lowest BCUT2D eigenvalue weighted by atomic mass is 10.2. The van der Waals surface area contributed by atoms with E-state index >= 15 is 0 Å². The van der Waals surface area contributed by atoms with Crippen LogP contribution in [0.15, 0.2) is 53.6 Å². The summed E-state index contributed by atoms with van der Waals surface area (Å²) >= 11 is 0. The van der Waals surface area contributed by atoms with Crippen molar-refractivity contribution in [2.45, 2.75) is 0 Å². The predicted octanol–water partition coefficient (Wildman–Crippen LogP) is 1.98. The highest BCUT2D eigenvalue weighted by Crippen LogP contribution is 2.11. The number of hydrogen-bond acceptors (Lipinski definition) is 4. The van der Waals surface area contributed by atoms with E-state index in [2.05, 4.69) is 15.8 Å². The van der Waals surface area contributed by atoms with E-state index in [9.17, 15) is 14.0 Å². The minimum Gasteiger partial charge on any atom is -0.378 e. The van der Waals surface area contributed by atoms with Crippen molar-refractivity contribution >= 4 is 29.4 Å². The molecule has 2 N–H and O–H groups in total. The first kappa shape index (κ1) is 17.1. The number of benzene rings is 2. The third-order valence-corrected chi connectivity index (χ3v) is 3.10. The van der Waals surface area contributed by atoms with Gasteiger partial charge in [0.15, 0.2) is 0 Å². The van der Waals surface area contributed by atoms with Gasteiger partial charge in [0.2, 0.25) is 0 Å². The molecule has 2 rings (SSSR count). The lowest BCUT2D eigenvalue weighted by molar-refractivity contribution is -0.136. The molecule has 0 fully saturated rings. The lowest BCUT2D eigenvalue weighted by Gasteiger charge is -2.11. The Morgan fingerprint density at radius 3 is 2.21 bits per heavy atom. The highest BCUT2D eigenvalue weighted by Gasteiger charge is 2.12. The van der Waals surface area contributed by atoms with Crippen LogP contribution in [0.3, 0.4) is 0 Å².